The Balaban J connectivity index is 0.930. The highest BCUT2D eigenvalue weighted by atomic mass is 32.2. The molecular weight excluding hydrogens is 1110 g/mol. The number of esters is 2. The van der Waals surface area contributed by atoms with Crippen LogP contribution in [0.2, 0.25) is 0 Å². The SMILES string of the molecule is CCn1c(-c2cccnc2[C@H](C)OC)c2c3cc(ccc31)-c1cc(cc(OC(=O)C(C)(C)C)c1)C[C@H](NC(=O)[C@H](C(C)C)N1CC[C@]3(CCN(C(=O)[C@H]4[C@@H](C5CC5)N4[S+]([O-])c4ccc(C)cc4)C3)C1=O)C(=O)N1CCC[C@H](N1)C(=O)OCC(C)(C)C2. The number of nitrogens with one attached hydrogen (secondary N) is 2. The number of ether oxygens (including phenoxy) is 3. The van der Waals surface area contributed by atoms with Gasteiger partial charge in [-0.25, -0.2) is 5.43 Å². The number of nitrogens with zero attached hydrogens (tertiary/aromatic N) is 6. The second kappa shape index (κ2) is 23.8. The van der Waals surface area contributed by atoms with Crippen LogP contribution in [-0.4, -0.2) is 139 Å². The van der Waals surface area contributed by atoms with Crippen LogP contribution in [0.4, 0.5) is 0 Å². The maximum Gasteiger partial charge on any atom is 0.324 e. The first-order chi connectivity index (χ1) is 40.9. The Bertz CT molecular complexity index is 3460. The normalized spacial score (nSPS) is 25.3. The van der Waals surface area contributed by atoms with E-state index in [0.717, 1.165) is 57.4 Å². The van der Waals surface area contributed by atoms with Gasteiger partial charge in [-0.1, -0.05) is 57.5 Å². The molecule has 3 aromatic carbocycles. The first-order valence-electron chi connectivity index (χ1n) is 30.8. The van der Waals surface area contributed by atoms with Gasteiger partial charge in [0.05, 0.1) is 52.3 Å². The predicted molar refractivity (Wildman–Crippen MR) is 327 cm³/mol. The fraction of sp³-hybridized carbons (Fsp3) is 0.537. The van der Waals surface area contributed by atoms with Crippen LogP contribution in [0.5, 0.6) is 5.75 Å². The molecule has 18 nitrogen and oxygen atoms in total. The van der Waals surface area contributed by atoms with Crippen molar-refractivity contribution in [2.24, 2.45) is 28.1 Å². The van der Waals surface area contributed by atoms with Gasteiger partial charge < -0.3 is 38.4 Å². The molecule has 6 aliphatic rings. The zero-order valence-corrected chi connectivity index (χ0v) is 52.5. The zero-order valence-electron chi connectivity index (χ0n) is 51.7. The molecule has 5 aromatic rings. The number of fused-ring (bicyclic) bond motifs is 6. The molecule has 6 bridgehead atoms. The Morgan fingerprint density at radius 1 is 0.942 bits per heavy atom. The number of hydrazine groups is 1. The Labute approximate surface area is 508 Å². The smallest absolute Gasteiger partial charge is 0.324 e. The number of amides is 4. The molecule has 4 saturated heterocycles. The summed E-state index contributed by atoms with van der Waals surface area (Å²) in [5, 5.41) is 5.51. The molecule has 0 radical (unpaired) electrons. The summed E-state index contributed by atoms with van der Waals surface area (Å²) in [6.07, 6.45) is 5.64. The summed E-state index contributed by atoms with van der Waals surface area (Å²) < 4.78 is 36.3. The molecule has 1 spiro atoms. The van der Waals surface area contributed by atoms with Crippen LogP contribution in [0.3, 0.4) is 0 Å². The van der Waals surface area contributed by atoms with Gasteiger partial charge in [0.1, 0.15) is 23.9 Å². The lowest BCUT2D eigenvalue weighted by Gasteiger charge is -2.37. The Kier molecular flexibility index (Phi) is 16.9. The number of likely N-dealkylation sites (tertiary alicyclic amines) is 2. The van der Waals surface area contributed by atoms with Crippen molar-refractivity contribution < 1.29 is 47.5 Å². The summed E-state index contributed by atoms with van der Waals surface area (Å²) in [5.41, 5.74) is 8.72. The van der Waals surface area contributed by atoms with Crippen LogP contribution < -0.4 is 15.5 Å². The molecule has 7 heterocycles. The third-order valence-electron chi connectivity index (χ3n) is 18.5. The average Bonchev–Trinajstić information content (AvgIpc) is 1.69. The number of hydrogen-bond acceptors (Lipinski definition) is 13. The Morgan fingerprint density at radius 3 is 2.38 bits per heavy atom. The van der Waals surface area contributed by atoms with Gasteiger partial charge in [-0.3, -0.25) is 38.8 Å². The molecular formula is C67H84N8O10S. The second-order valence-corrected chi connectivity index (χ2v) is 28.5. The van der Waals surface area contributed by atoms with Crippen LogP contribution in [0.1, 0.15) is 129 Å². The summed E-state index contributed by atoms with van der Waals surface area (Å²) in [5.74, 6) is -2.11. The van der Waals surface area contributed by atoms with Crippen molar-refractivity contribution in [3.05, 3.63) is 101 Å². The number of pyridine rings is 1. The van der Waals surface area contributed by atoms with Crippen molar-refractivity contribution in [2.75, 3.05) is 39.9 Å². The lowest BCUT2D eigenvalue weighted by atomic mass is 9.84. The number of rotatable bonds is 13. The molecule has 1 aliphatic carbocycles. The van der Waals surface area contributed by atoms with E-state index in [-0.39, 0.29) is 62.4 Å². The number of cyclic esters (lactones) is 1. The molecule has 2 aromatic heterocycles. The molecule has 19 heteroatoms. The molecule has 1 saturated carbocycles. The van der Waals surface area contributed by atoms with Crippen LogP contribution in [0.25, 0.3) is 33.3 Å². The molecule has 9 atom stereocenters. The molecule has 2 N–H and O–H groups in total. The van der Waals surface area contributed by atoms with Crippen LogP contribution in [0.15, 0.2) is 83.9 Å². The van der Waals surface area contributed by atoms with Crippen molar-refractivity contribution in [1.29, 1.82) is 0 Å². The van der Waals surface area contributed by atoms with E-state index in [0.29, 0.717) is 67.1 Å². The molecule has 4 amide bonds. The monoisotopic (exact) mass is 1190 g/mol. The minimum Gasteiger partial charge on any atom is -0.593 e. The standard InChI is InChI=1S/C67H84N8O10S/c1-12-72-53-24-21-44-35-49(53)50(57(72)48-15-13-27-68-54(48)41(5)83-11)36-66(9,10)38-84-62(79)51-16-14-28-74(70-51)60(77)52(33-42-31-45(44)34-46(32-42)85-64(81)65(6,7)8)69-59(76)55(39(2)3)73-30-26-67(63(73)80)25-29-71(37-67)61(78)58-56(43-19-20-43)75(58)86(82)47-22-17-40(4)18-23-47/h13,15,17-18,21-24,27,31-32,34-35,39,41,43,51-52,55-56,58,70H,12,14,16,19-20,25-26,28-30,33,36-38H2,1-11H3,(H,69,76)/t41-,51-,52-,55-,56+,58+,67-,75?,86?/m0/s1. The highest BCUT2D eigenvalue weighted by molar-refractivity contribution is 7.89. The van der Waals surface area contributed by atoms with E-state index < -0.39 is 81.4 Å². The number of aryl methyl sites for hydroxylation is 2. The predicted octanol–water partition coefficient (Wildman–Crippen LogP) is 8.67. The van der Waals surface area contributed by atoms with E-state index in [2.05, 4.69) is 54.3 Å². The van der Waals surface area contributed by atoms with Gasteiger partial charge in [-0.2, -0.15) is 0 Å². The van der Waals surface area contributed by atoms with Gasteiger partial charge in [-0.05, 0) is 169 Å². The first kappa shape index (κ1) is 61.0. The van der Waals surface area contributed by atoms with Crippen LogP contribution in [0, 0.1) is 35.0 Å². The average molecular weight is 1190 g/mol. The minimum atomic E-state index is -1.50. The molecule has 86 heavy (non-hydrogen) atoms. The van der Waals surface area contributed by atoms with E-state index in [1.54, 1.807) is 49.9 Å². The number of methoxy groups -OCH3 is 1. The highest BCUT2D eigenvalue weighted by Gasteiger charge is 2.68. The number of benzene rings is 3. The van der Waals surface area contributed by atoms with Crippen molar-refractivity contribution >= 4 is 57.8 Å². The van der Waals surface area contributed by atoms with E-state index in [9.17, 15) is 18.9 Å². The fourth-order valence-corrected chi connectivity index (χ4v) is 15.0. The van der Waals surface area contributed by atoms with E-state index in [4.69, 9.17) is 19.2 Å². The Morgan fingerprint density at radius 2 is 1.69 bits per heavy atom. The summed E-state index contributed by atoms with van der Waals surface area (Å²) in [6.45, 7) is 21.1. The second-order valence-electron chi connectivity index (χ2n) is 27.1. The number of aromatic nitrogens is 2. The summed E-state index contributed by atoms with van der Waals surface area (Å²) in [4.78, 5) is 97.1. The zero-order chi connectivity index (χ0) is 61.3. The third-order valence-corrected chi connectivity index (χ3v) is 20.0. The maximum absolute atomic E-state index is 15.3. The van der Waals surface area contributed by atoms with Gasteiger partial charge in [-0.15, -0.1) is 4.31 Å². The Hall–Kier alpha value is -6.64. The van der Waals surface area contributed by atoms with Gasteiger partial charge in [0, 0.05) is 74.3 Å². The quantitative estimate of drug-likeness (QED) is 0.0490. The summed E-state index contributed by atoms with van der Waals surface area (Å²) in [6, 6.07) is 19.7. The largest absolute Gasteiger partial charge is 0.593 e. The molecule has 2 unspecified atom stereocenters. The summed E-state index contributed by atoms with van der Waals surface area (Å²) >= 11 is -1.50. The summed E-state index contributed by atoms with van der Waals surface area (Å²) in [7, 11) is 1.67. The van der Waals surface area contributed by atoms with Crippen molar-refractivity contribution in [1.82, 2.24) is 39.4 Å². The van der Waals surface area contributed by atoms with E-state index >= 15 is 14.4 Å². The van der Waals surface area contributed by atoms with Gasteiger partial charge in [0.2, 0.25) is 17.7 Å². The third kappa shape index (κ3) is 11.9. The number of hydrogen-bond donors (Lipinski definition) is 2. The highest BCUT2D eigenvalue weighted by Crippen LogP contribution is 2.52. The molecule has 5 fully saturated rings. The van der Waals surface area contributed by atoms with E-state index in [1.807, 2.05) is 80.5 Å². The van der Waals surface area contributed by atoms with E-state index in [1.165, 1.54) is 5.01 Å². The topological polar surface area (TPSA) is 208 Å². The van der Waals surface area contributed by atoms with Crippen LogP contribution in [-0.2, 0) is 69.0 Å². The first-order valence-corrected chi connectivity index (χ1v) is 31.9. The maximum atomic E-state index is 15.3. The fourth-order valence-electron chi connectivity index (χ4n) is 13.5. The minimum absolute atomic E-state index is 0.0558. The van der Waals surface area contributed by atoms with Crippen molar-refractivity contribution in [3.8, 4) is 28.1 Å². The lowest BCUT2D eigenvalue weighted by molar-refractivity contribution is -0.155. The molecule has 458 valence electrons. The molecule has 5 aliphatic heterocycles. The van der Waals surface area contributed by atoms with Crippen molar-refractivity contribution in [2.45, 2.75) is 168 Å². The van der Waals surface area contributed by atoms with Gasteiger partial charge in [0.15, 0.2) is 10.9 Å². The van der Waals surface area contributed by atoms with Gasteiger partial charge in [0.25, 0.3) is 5.91 Å². The lowest BCUT2D eigenvalue weighted by Crippen LogP contribution is -2.62. The molecule has 11 rings (SSSR count). The van der Waals surface area contributed by atoms with Crippen LogP contribution >= 0.6 is 0 Å². The number of carbonyl (C=O) groups excluding carboxylic acids is 6. The van der Waals surface area contributed by atoms with Crippen molar-refractivity contribution in [3.63, 3.8) is 0 Å². The number of carbonyl (C=O) groups is 6. The van der Waals surface area contributed by atoms with Gasteiger partial charge >= 0.3 is 11.9 Å².